The monoisotopic (exact) mass is 308 g/mol. The molecular formula is C15H20N2O3S. The van der Waals surface area contributed by atoms with Crippen LogP contribution in [0.5, 0.6) is 5.88 Å². The van der Waals surface area contributed by atoms with Gasteiger partial charge in [-0.2, -0.15) is 11.8 Å². The molecule has 5 nitrogen and oxygen atoms in total. The van der Waals surface area contributed by atoms with Crippen LogP contribution >= 0.6 is 11.8 Å². The highest BCUT2D eigenvalue weighted by Gasteiger charge is 2.49. The number of hydrogen-bond donors (Lipinski definition) is 0. The fraction of sp³-hybridized carbons (Fsp3) is 0.600. The Morgan fingerprint density at radius 2 is 2.43 bits per heavy atom. The lowest BCUT2D eigenvalue weighted by Gasteiger charge is -2.52. The van der Waals surface area contributed by atoms with E-state index in [9.17, 15) is 4.79 Å². The summed E-state index contributed by atoms with van der Waals surface area (Å²) in [5, 5.41) is 0. The molecule has 2 aliphatic rings. The van der Waals surface area contributed by atoms with Gasteiger partial charge in [0.25, 0.3) is 0 Å². The van der Waals surface area contributed by atoms with E-state index in [2.05, 4.69) is 4.98 Å². The van der Waals surface area contributed by atoms with Crippen molar-refractivity contribution in [1.82, 2.24) is 9.88 Å². The number of pyridine rings is 1. The average molecular weight is 308 g/mol. The minimum absolute atomic E-state index is 0.117. The van der Waals surface area contributed by atoms with Crippen molar-refractivity contribution in [3.63, 3.8) is 0 Å². The summed E-state index contributed by atoms with van der Waals surface area (Å²) in [5.41, 5.74) is -0.203. The van der Waals surface area contributed by atoms with Crippen LogP contribution in [0, 0.1) is 0 Å². The van der Waals surface area contributed by atoms with Crippen molar-refractivity contribution in [1.29, 1.82) is 0 Å². The quantitative estimate of drug-likeness (QED) is 0.845. The van der Waals surface area contributed by atoms with E-state index in [4.69, 9.17) is 9.47 Å². The van der Waals surface area contributed by atoms with Crippen molar-refractivity contribution in [2.24, 2.45) is 0 Å². The number of nitrogens with zero attached hydrogens (tertiary/aromatic N) is 2. The summed E-state index contributed by atoms with van der Waals surface area (Å²) in [6.07, 6.45) is 5.49. The molecule has 21 heavy (non-hydrogen) atoms. The van der Waals surface area contributed by atoms with Crippen LogP contribution in [0.3, 0.4) is 0 Å². The first-order valence-corrected chi connectivity index (χ1v) is 8.58. The maximum absolute atomic E-state index is 11.8. The van der Waals surface area contributed by atoms with Gasteiger partial charge in [-0.15, -0.1) is 0 Å². The summed E-state index contributed by atoms with van der Waals surface area (Å²) in [7, 11) is 0. The Morgan fingerprint density at radius 1 is 1.57 bits per heavy atom. The maximum Gasteiger partial charge on any atom is 0.232 e. The predicted octanol–water partition coefficient (Wildman–Crippen LogP) is 1.58. The lowest BCUT2D eigenvalue weighted by molar-refractivity contribution is -0.191. The van der Waals surface area contributed by atoms with Gasteiger partial charge in [0.1, 0.15) is 11.7 Å². The van der Waals surface area contributed by atoms with Crippen LogP contribution in [0.1, 0.15) is 12.8 Å². The molecule has 2 aliphatic heterocycles. The number of carbonyl (C=O) groups excluding carboxylic acids is 1. The van der Waals surface area contributed by atoms with Crippen molar-refractivity contribution >= 4 is 17.7 Å². The molecule has 1 atom stereocenters. The summed E-state index contributed by atoms with van der Waals surface area (Å²) in [5.74, 6) is 1.41. The Balaban J connectivity index is 1.54. The number of thioether (sulfide) groups is 1. The minimum Gasteiger partial charge on any atom is -0.474 e. The molecule has 1 aromatic heterocycles. The molecule has 3 heterocycles. The lowest BCUT2D eigenvalue weighted by Crippen LogP contribution is -2.67. The van der Waals surface area contributed by atoms with Crippen LogP contribution in [-0.2, 0) is 9.53 Å². The number of amides is 1. The smallest absolute Gasteiger partial charge is 0.232 e. The van der Waals surface area contributed by atoms with Gasteiger partial charge >= 0.3 is 0 Å². The molecule has 0 bridgehead atoms. The van der Waals surface area contributed by atoms with E-state index >= 15 is 0 Å². The van der Waals surface area contributed by atoms with Crippen LogP contribution < -0.4 is 4.74 Å². The standard InChI is InChI=1S/C15H20N2O3S/c1-21-9-14(18)17-10-15(11-17)8-12(5-7-19-15)20-13-4-2-3-6-16-13/h2-4,6,12H,5,7-11H2,1H3. The molecule has 0 aliphatic carbocycles. The minimum atomic E-state index is -0.203. The first kappa shape index (κ1) is 14.7. The molecule has 3 rings (SSSR count). The van der Waals surface area contributed by atoms with Crippen LogP contribution in [0.2, 0.25) is 0 Å². The second-order valence-corrected chi connectivity index (χ2v) is 6.48. The van der Waals surface area contributed by atoms with Gasteiger partial charge in [0, 0.05) is 25.1 Å². The molecular weight excluding hydrogens is 288 g/mol. The summed E-state index contributed by atoms with van der Waals surface area (Å²) < 4.78 is 11.9. The molecule has 6 heteroatoms. The fourth-order valence-electron chi connectivity index (χ4n) is 2.93. The Hall–Kier alpha value is -1.27. The third-order valence-corrected chi connectivity index (χ3v) is 4.49. The number of aromatic nitrogens is 1. The van der Waals surface area contributed by atoms with Gasteiger partial charge in [0.05, 0.1) is 25.4 Å². The Kier molecular flexibility index (Phi) is 4.35. The Bertz CT molecular complexity index is 491. The van der Waals surface area contributed by atoms with Crippen molar-refractivity contribution < 1.29 is 14.3 Å². The van der Waals surface area contributed by atoms with Gasteiger partial charge in [0.2, 0.25) is 11.8 Å². The molecule has 2 saturated heterocycles. The highest BCUT2D eigenvalue weighted by Crippen LogP contribution is 2.35. The summed E-state index contributed by atoms with van der Waals surface area (Å²) in [4.78, 5) is 17.9. The number of ether oxygens (including phenoxy) is 2. The summed E-state index contributed by atoms with van der Waals surface area (Å²) in [6.45, 7) is 2.06. The zero-order chi connectivity index (χ0) is 14.7. The van der Waals surface area contributed by atoms with Gasteiger partial charge in [-0.05, 0) is 12.3 Å². The fourth-order valence-corrected chi connectivity index (χ4v) is 3.36. The molecule has 114 valence electrons. The van der Waals surface area contributed by atoms with E-state index in [1.165, 1.54) is 0 Å². The maximum atomic E-state index is 11.8. The Labute approximate surface area is 129 Å². The van der Waals surface area contributed by atoms with E-state index in [1.807, 2.05) is 29.4 Å². The molecule has 0 N–H and O–H groups in total. The molecule has 0 aromatic carbocycles. The van der Waals surface area contributed by atoms with E-state index in [0.29, 0.717) is 31.3 Å². The van der Waals surface area contributed by atoms with Crippen molar-refractivity contribution in [3.05, 3.63) is 24.4 Å². The molecule has 1 amide bonds. The summed E-state index contributed by atoms with van der Waals surface area (Å²) >= 11 is 1.56. The second-order valence-electron chi connectivity index (χ2n) is 5.61. The van der Waals surface area contributed by atoms with E-state index < -0.39 is 0 Å². The third kappa shape index (κ3) is 3.32. The zero-order valence-electron chi connectivity index (χ0n) is 12.2. The van der Waals surface area contributed by atoms with Gasteiger partial charge in [-0.1, -0.05) is 6.07 Å². The van der Waals surface area contributed by atoms with Crippen molar-refractivity contribution in [2.75, 3.05) is 31.7 Å². The molecule has 1 aromatic rings. The topological polar surface area (TPSA) is 51.7 Å². The highest BCUT2D eigenvalue weighted by atomic mass is 32.2. The Morgan fingerprint density at radius 3 is 3.14 bits per heavy atom. The van der Waals surface area contributed by atoms with Gasteiger partial charge in [0.15, 0.2) is 0 Å². The molecule has 0 radical (unpaired) electrons. The van der Waals surface area contributed by atoms with E-state index in [-0.39, 0.29) is 17.6 Å². The van der Waals surface area contributed by atoms with Crippen LogP contribution in [0.25, 0.3) is 0 Å². The molecule has 1 spiro atoms. The van der Waals surface area contributed by atoms with E-state index in [1.54, 1.807) is 18.0 Å². The number of hydrogen-bond acceptors (Lipinski definition) is 5. The van der Waals surface area contributed by atoms with Gasteiger partial charge in [-0.3, -0.25) is 4.79 Å². The average Bonchev–Trinajstić information content (AvgIpc) is 2.46. The van der Waals surface area contributed by atoms with Crippen molar-refractivity contribution in [2.45, 2.75) is 24.5 Å². The molecule has 2 fully saturated rings. The first-order valence-electron chi connectivity index (χ1n) is 7.19. The zero-order valence-corrected chi connectivity index (χ0v) is 13.0. The predicted molar refractivity (Wildman–Crippen MR) is 81.5 cm³/mol. The highest BCUT2D eigenvalue weighted by molar-refractivity contribution is 7.99. The van der Waals surface area contributed by atoms with Crippen LogP contribution in [0.15, 0.2) is 24.4 Å². The lowest BCUT2D eigenvalue weighted by atomic mass is 9.84. The molecule has 0 saturated carbocycles. The number of rotatable bonds is 4. The van der Waals surface area contributed by atoms with E-state index in [0.717, 1.165) is 12.8 Å². The van der Waals surface area contributed by atoms with Gasteiger partial charge < -0.3 is 14.4 Å². The number of likely N-dealkylation sites (tertiary alicyclic amines) is 1. The van der Waals surface area contributed by atoms with Gasteiger partial charge in [-0.25, -0.2) is 4.98 Å². The number of carbonyl (C=O) groups is 1. The second kappa shape index (κ2) is 6.23. The molecule has 1 unspecified atom stereocenters. The largest absolute Gasteiger partial charge is 0.474 e. The first-order chi connectivity index (χ1) is 10.2. The van der Waals surface area contributed by atoms with Crippen LogP contribution in [0.4, 0.5) is 0 Å². The SMILES string of the molecule is CSCC(=O)N1CC2(CC(Oc3ccccn3)CCO2)C1. The van der Waals surface area contributed by atoms with Crippen LogP contribution in [-0.4, -0.2) is 59.2 Å². The summed E-state index contributed by atoms with van der Waals surface area (Å²) in [6, 6.07) is 5.67. The van der Waals surface area contributed by atoms with Crippen molar-refractivity contribution in [3.8, 4) is 5.88 Å². The third-order valence-electron chi connectivity index (χ3n) is 3.95. The normalized spacial score (nSPS) is 23.7.